The molecule has 0 spiro atoms. The summed E-state index contributed by atoms with van der Waals surface area (Å²) in [6.45, 7) is 0. The number of nitrogen functional groups attached to an aromatic ring is 1. The zero-order chi connectivity index (χ0) is 9.84. The van der Waals surface area contributed by atoms with Gasteiger partial charge in [-0.05, 0) is 12.1 Å². The minimum absolute atomic E-state index is 0.104. The lowest BCUT2D eigenvalue weighted by Crippen LogP contribution is -1.96. The third-order valence-corrected chi connectivity index (χ3v) is 2.01. The van der Waals surface area contributed by atoms with Gasteiger partial charge in [-0.25, -0.2) is 0 Å². The fraction of sp³-hybridized carbons (Fsp3) is 0.111. The molecule has 0 aliphatic carbocycles. The molecule has 64 valence electrons. The standard InChI is InChI=1S/C9H6ClN3/c10-8-1-2-9(13)7(5-12)6(8)3-4-11/h1-2H,3,13H2. The summed E-state index contributed by atoms with van der Waals surface area (Å²) in [6.07, 6.45) is 0.104. The van der Waals surface area contributed by atoms with Crippen LogP contribution in [-0.4, -0.2) is 0 Å². The van der Waals surface area contributed by atoms with Gasteiger partial charge in [-0.3, -0.25) is 0 Å². The molecule has 0 saturated heterocycles. The van der Waals surface area contributed by atoms with Crippen molar-refractivity contribution in [2.24, 2.45) is 0 Å². The third kappa shape index (κ3) is 1.72. The highest BCUT2D eigenvalue weighted by atomic mass is 35.5. The monoisotopic (exact) mass is 191 g/mol. The fourth-order valence-electron chi connectivity index (χ4n) is 1.02. The van der Waals surface area contributed by atoms with E-state index >= 15 is 0 Å². The second kappa shape index (κ2) is 3.80. The summed E-state index contributed by atoms with van der Waals surface area (Å²) in [5, 5.41) is 17.7. The van der Waals surface area contributed by atoms with E-state index in [1.165, 1.54) is 0 Å². The number of halogens is 1. The maximum Gasteiger partial charge on any atom is 0.102 e. The van der Waals surface area contributed by atoms with Crippen LogP contribution in [-0.2, 0) is 6.42 Å². The van der Waals surface area contributed by atoms with Crippen LogP contribution in [0.2, 0.25) is 5.02 Å². The molecule has 13 heavy (non-hydrogen) atoms. The molecular weight excluding hydrogens is 186 g/mol. The smallest absolute Gasteiger partial charge is 0.102 e. The molecule has 0 saturated carbocycles. The minimum Gasteiger partial charge on any atom is -0.398 e. The number of hydrogen-bond donors (Lipinski definition) is 1. The number of rotatable bonds is 1. The van der Waals surface area contributed by atoms with Gasteiger partial charge in [0.15, 0.2) is 0 Å². The molecule has 0 radical (unpaired) electrons. The predicted octanol–water partition coefficient (Wildman–Crippen LogP) is 1.86. The summed E-state index contributed by atoms with van der Waals surface area (Å²) < 4.78 is 0. The molecule has 0 aliphatic heterocycles. The minimum atomic E-state index is 0.104. The van der Waals surface area contributed by atoms with Crippen LogP contribution in [0.4, 0.5) is 5.69 Å². The molecule has 0 heterocycles. The Morgan fingerprint density at radius 3 is 2.62 bits per heavy atom. The summed E-state index contributed by atoms with van der Waals surface area (Å²) >= 11 is 5.80. The number of benzene rings is 1. The Morgan fingerprint density at radius 2 is 2.08 bits per heavy atom. The molecule has 0 bridgehead atoms. The molecular formula is C9H6ClN3. The molecule has 3 nitrogen and oxygen atoms in total. The van der Waals surface area contributed by atoms with E-state index in [-0.39, 0.29) is 6.42 Å². The Labute approximate surface area is 81.0 Å². The molecule has 0 aliphatic rings. The molecule has 0 amide bonds. The van der Waals surface area contributed by atoms with Crippen LogP contribution in [0.15, 0.2) is 12.1 Å². The van der Waals surface area contributed by atoms with Gasteiger partial charge in [0, 0.05) is 16.3 Å². The normalized spacial score (nSPS) is 8.85. The van der Waals surface area contributed by atoms with Gasteiger partial charge in [-0.15, -0.1) is 0 Å². The van der Waals surface area contributed by atoms with Crippen molar-refractivity contribution in [3.05, 3.63) is 28.3 Å². The quantitative estimate of drug-likeness (QED) is 0.689. The largest absolute Gasteiger partial charge is 0.398 e. The van der Waals surface area contributed by atoms with Crippen LogP contribution in [0.1, 0.15) is 11.1 Å². The highest BCUT2D eigenvalue weighted by Gasteiger charge is 2.09. The summed E-state index contributed by atoms with van der Waals surface area (Å²) in [5.41, 5.74) is 6.71. The summed E-state index contributed by atoms with van der Waals surface area (Å²) in [5.74, 6) is 0. The average molecular weight is 192 g/mol. The predicted molar refractivity (Wildman–Crippen MR) is 49.9 cm³/mol. The molecule has 1 aromatic carbocycles. The lowest BCUT2D eigenvalue weighted by molar-refractivity contribution is 1.24. The van der Waals surface area contributed by atoms with Crippen LogP contribution in [0, 0.1) is 22.7 Å². The van der Waals surface area contributed by atoms with Gasteiger partial charge in [-0.1, -0.05) is 11.6 Å². The molecule has 1 rings (SSSR count). The van der Waals surface area contributed by atoms with Crippen molar-refractivity contribution >= 4 is 17.3 Å². The van der Waals surface area contributed by atoms with Gasteiger partial charge in [0.05, 0.1) is 18.1 Å². The van der Waals surface area contributed by atoms with Crippen molar-refractivity contribution < 1.29 is 0 Å². The number of nitrogens with two attached hydrogens (primary N) is 1. The van der Waals surface area contributed by atoms with E-state index in [1.807, 2.05) is 12.1 Å². The van der Waals surface area contributed by atoms with Crippen LogP contribution < -0.4 is 5.73 Å². The van der Waals surface area contributed by atoms with Gasteiger partial charge < -0.3 is 5.73 Å². The average Bonchev–Trinajstić information content (AvgIpc) is 2.12. The topological polar surface area (TPSA) is 73.6 Å². The summed E-state index contributed by atoms with van der Waals surface area (Å²) in [4.78, 5) is 0. The van der Waals surface area contributed by atoms with Crippen LogP contribution in [0.5, 0.6) is 0 Å². The molecule has 0 fully saturated rings. The van der Waals surface area contributed by atoms with Gasteiger partial charge in [0.1, 0.15) is 6.07 Å². The lowest BCUT2D eigenvalue weighted by atomic mass is 10.0. The van der Waals surface area contributed by atoms with Crippen LogP contribution >= 0.6 is 11.6 Å². The molecule has 4 heteroatoms. The SMILES string of the molecule is N#CCc1c(Cl)ccc(N)c1C#N. The second-order valence-corrected chi connectivity index (χ2v) is 2.84. The van der Waals surface area contributed by atoms with Crippen molar-refractivity contribution in [2.45, 2.75) is 6.42 Å². The highest BCUT2D eigenvalue weighted by molar-refractivity contribution is 6.31. The first-order valence-corrected chi connectivity index (χ1v) is 3.92. The van der Waals surface area contributed by atoms with E-state index in [1.54, 1.807) is 12.1 Å². The lowest BCUT2D eigenvalue weighted by Gasteiger charge is -2.04. The third-order valence-electron chi connectivity index (χ3n) is 1.66. The summed E-state index contributed by atoms with van der Waals surface area (Å²) in [7, 11) is 0. The van der Waals surface area contributed by atoms with E-state index in [0.29, 0.717) is 21.8 Å². The first-order chi connectivity index (χ1) is 6.20. The first kappa shape index (κ1) is 9.38. The van der Waals surface area contributed by atoms with E-state index in [2.05, 4.69) is 0 Å². The Hall–Kier alpha value is -1.71. The van der Waals surface area contributed by atoms with Crippen LogP contribution in [0.25, 0.3) is 0 Å². The Bertz CT molecular complexity index is 412. The second-order valence-electron chi connectivity index (χ2n) is 2.44. The van der Waals surface area contributed by atoms with Crippen molar-refractivity contribution in [3.8, 4) is 12.1 Å². The van der Waals surface area contributed by atoms with Crippen molar-refractivity contribution in [2.75, 3.05) is 5.73 Å². The van der Waals surface area contributed by atoms with Gasteiger partial charge in [0.2, 0.25) is 0 Å². The van der Waals surface area contributed by atoms with E-state index in [4.69, 9.17) is 27.9 Å². The zero-order valence-corrected chi connectivity index (χ0v) is 7.47. The molecule has 1 aromatic rings. The number of hydrogen-bond acceptors (Lipinski definition) is 3. The Balaban J connectivity index is 3.39. The van der Waals surface area contributed by atoms with Crippen molar-refractivity contribution in [1.29, 1.82) is 10.5 Å². The number of nitriles is 2. The van der Waals surface area contributed by atoms with Crippen LogP contribution in [0.3, 0.4) is 0 Å². The first-order valence-electron chi connectivity index (χ1n) is 3.54. The highest BCUT2D eigenvalue weighted by Crippen LogP contribution is 2.24. The van der Waals surface area contributed by atoms with E-state index < -0.39 is 0 Å². The van der Waals surface area contributed by atoms with E-state index in [9.17, 15) is 0 Å². The van der Waals surface area contributed by atoms with Crippen molar-refractivity contribution in [3.63, 3.8) is 0 Å². The van der Waals surface area contributed by atoms with Gasteiger partial charge in [0.25, 0.3) is 0 Å². The van der Waals surface area contributed by atoms with Gasteiger partial charge in [-0.2, -0.15) is 10.5 Å². The molecule has 0 atom stereocenters. The maximum atomic E-state index is 8.75. The van der Waals surface area contributed by atoms with Gasteiger partial charge >= 0.3 is 0 Å². The maximum absolute atomic E-state index is 8.75. The molecule has 0 unspecified atom stereocenters. The number of nitrogens with zero attached hydrogens (tertiary/aromatic N) is 2. The van der Waals surface area contributed by atoms with Crippen molar-refractivity contribution in [1.82, 2.24) is 0 Å². The molecule has 2 N–H and O–H groups in total. The fourth-order valence-corrected chi connectivity index (χ4v) is 1.25. The number of anilines is 1. The Kier molecular flexibility index (Phi) is 2.74. The van der Waals surface area contributed by atoms with E-state index in [0.717, 1.165) is 0 Å². The summed E-state index contributed by atoms with van der Waals surface area (Å²) in [6, 6.07) is 7.01. The Morgan fingerprint density at radius 1 is 1.38 bits per heavy atom. The zero-order valence-electron chi connectivity index (χ0n) is 6.71. The molecule has 0 aromatic heterocycles.